The molecule has 6 nitrogen and oxygen atoms in total. The Morgan fingerprint density at radius 1 is 1.23 bits per heavy atom. The van der Waals surface area contributed by atoms with Crippen LogP contribution in [0.15, 0.2) is 18.3 Å². The van der Waals surface area contributed by atoms with Crippen molar-refractivity contribution >= 4 is 23.3 Å². The molecule has 0 radical (unpaired) electrons. The number of hydrogen-bond donors (Lipinski definition) is 1. The highest BCUT2D eigenvalue weighted by Gasteiger charge is 2.35. The first-order valence-electron chi connectivity index (χ1n) is 9.72. The first-order valence-corrected chi connectivity index (χ1v) is 10.1. The summed E-state index contributed by atoms with van der Waals surface area (Å²) in [7, 11) is 0. The lowest BCUT2D eigenvalue weighted by Crippen LogP contribution is -2.49. The minimum absolute atomic E-state index is 0.0888. The zero-order valence-electron chi connectivity index (χ0n) is 15.1. The van der Waals surface area contributed by atoms with E-state index in [1.807, 2.05) is 17.0 Å². The molecule has 0 unspecified atom stereocenters. The van der Waals surface area contributed by atoms with E-state index in [-0.39, 0.29) is 12.0 Å². The highest BCUT2D eigenvalue weighted by Crippen LogP contribution is 2.28. The van der Waals surface area contributed by atoms with Crippen molar-refractivity contribution in [3.8, 4) is 0 Å². The second-order valence-electron chi connectivity index (χ2n) is 7.48. The van der Waals surface area contributed by atoms with Gasteiger partial charge in [-0.15, -0.1) is 0 Å². The highest BCUT2D eigenvalue weighted by atomic mass is 35.5. The number of halogens is 1. The number of carbonyl (C=O) groups excluding carboxylic acids is 1. The normalized spacial score (nSPS) is 29.3. The number of carbonyl (C=O) groups is 1. The molecule has 7 heteroatoms. The molecule has 0 saturated carbocycles. The minimum Gasteiger partial charge on any atom is -0.373 e. The van der Waals surface area contributed by atoms with Crippen LogP contribution in [0, 0.1) is 0 Å². The van der Waals surface area contributed by atoms with Crippen LogP contribution in [-0.4, -0.2) is 66.8 Å². The average molecular weight is 379 g/mol. The van der Waals surface area contributed by atoms with Crippen LogP contribution in [-0.2, 0) is 9.53 Å². The number of anilines is 1. The van der Waals surface area contributed by atoms with Gasteiger partial charge in [0.1, 0.15) is 5.82 Å². The number of amides is 1. The van der Waals surface area contributed by atoms with E-state index in [0.717, 1.165) is 51.4 Å². The monoisotopic (exact) mass is 378 g/mol. The number of piperazine rings is 1. The lowest BCUT2D eigenvalue weighted by molar-refractivity contribution is -0.134. The smallest absolute Gasteiger partial charge is 0.225 e. The lowest BCUT2D eigenvalue weighted by Gasteiger charge is -2.35. The Morgan fingerprint density at radius 2 is 2.08 bits per heavy atom. The van der Waals surface area contributed by atoms with Crippen LogP contribution in [0.3, 0.4) is 0 Å². The maximum absolute atomic E-state index is 12.6. The van der Waals surface area contributed by atoms with E-state index < -0.39 is 0 Å². The van der Waals surface area contributed by atoms with Crippen molar-refractivity contribution in [1.82, 2.24) is 15.2 Å². The SMILES string of the molecule is O=C(C[C@@H]1CC[C@H]([C@@H]2CCCN2)O1)N1CCN(c2ccc(Cl)cn2)CC1. The minimum atomic E-state index is 0.0888. The average Bonchev–Trinajstić information content (AvgIpc) is 3.34. The van der Waals surface area contributed by atoms with Gasteiger partial charge in [0.2, 0.25) is 5.91 Å². The van der Waals surface area contributed by atoms with Crippen LogP contribution in [0.5, 0.6) is 0 Å². The van der Waals surface area contributed by atoms with Crippen molar-refractivity contribution in [2.45, 2.75) is 50.4 Å². The molecule has 3 atom stereocenters. The third-order valence-corrected chi connectivity index (χ3v) is 5.98. The van der Waals surface area contributed by atoms with Crippen LogP contribution in [0.25, 0.3) is 0 Å². The van der Waals surface area contributed by atoms with Crippen molar-refractivity contribution in [3.63, 3.8) is 0 Å². The number of nitrogens with one attached hydrogen (secondary N) is 1. The molecule has 0 bridgehead atoms. The molecular formula is C19H27ClN4O2. The maximum Gasteiger partial charge on any atom is 0.225 e. The predicted octanol–water partition coefficient (Wildman–Crippen LogP) is 2.07. The Kier molecular flexibility index (Phi) is 5.62. The van der Waals surface area contributed by atoms with Crippen molar-refractivity contribution in [2.75, 3.05) is 37.6 Å². The highest BCUT2D eigenvalue weighted by molar-refractivity contribution is 6.30. The van der Waals surface area contributed by atoms with Crippen LogP contribution in [0.4, 0.5) is 5.82 Å². The number of ether oxygens (including phenoxy) is 1. The molecule has 3 aliphatic rings. The number of nitrogens with zero attached hydrogens (tertiary/aromatic N) is 3. The van der Waals surface area contributed by atoms with Gasteiger partial charge in [0.15, 0.2) is 0 Å². The second kappa shape index (κ2) is 8.11. The predicted molar refractivity (Wildman–Crippen MR) is 102 cm³/mol. The Morgan fingerprint density at radius 3 is 2.77 bits per heavy atom. The lowest BCUT2D eigenvalue weighted by atomic mass is 10.1. The maximum atomic E-state index is 12.6. The van der Waals surface area contributed by atoms with Gasteiger partial charge in [-0.2, -0.15) is 0 Å². The summed E-state index contributed by atoms with van der Waals surface area (Å²) in [6.07, 6.45) is 7.08. The summed E-state index contributed by atoms with van der Waals surface area (Å²) < 4.78 is 6.17. The Bertz CT molecular complexity index is 612. The van der Waals surface area contributed by atoms with Crippen molar-refractivity contribution in [1.29, 1.82) is 0 Å². The quantitative estimate of drug-likeness (QED) is 0.869. The molecule has 0 aliphatic carbocycles. The van der Waals surface area contributed by atoms with Gasteiger partial charge >= 0.3 is 0 Å². The number of rotatable bonds is 4. The summed E-state index contributed by atoms with van der Waals surface area (Å²) >= 11 is 5.90. The molecule has 3 fully saturated rings. The summed E-state index contributed by atoms with van der Waals surface area (Å²) in [6, 6.07) is 4.28. The molecule has 1 aromatic rings. The molecule has 142 valence electrons. The van der Waals surface area contributed by atoms with Gasteiger partial charge in [0.25, 0.3) is 0 Å². The van der Waals surface area contributed by atoms with E-state index in [1.54, 1.807) is 6.20 Å². The summed E-state index contributed by atoms with van der Waals surface area (Å²) in [5.41, 5.74) is 0. The standard InChI is InChI=1S/C19H27ClN4O2/c20-14-3-6-18(22-13-14)23-8-10-24(11-9-23)19(25)12-15-4-5-17(26-15)16-2-1-7-21-16/h3,6,13,15-17,21H,1-2,4-5,7-12H2/t15-,16-,17+/m0/s1. The molecular weight excluding hydrogens is 352 g/mol. The van der Waals surface area contributed by atoms with E-state index in [1.165, 1.54) is 12.8 Å². The fourth-order valence-corrected chi connectivity index (χ4v) is 4.38. The van der Waals surface area contributed by atoms with Gasteiger partial charge < -0.3 is 19.9 Å². The molecule has 0 aromatic carbocycles. The summed E-state index contributed by atoms with van der Waals surface area (Å²) in [5.74, 6) is 1.14. The van der Waals surface area contributed by atoms with Gasteiger partial charge in [0, 0.05) is 38.4 Å². The molecule has 26 heavy (non-hydrogen) atoms. The molecule has 1 N–H and O–H groups in total. The third kappa shape index (κ3) is 4.13. The summed E-state index contributed by atoms with van der Waals surface area (Å²) in [6.45, 7) is 4.19. The topological polar surface area (TPSA) is 57.7 Å². The van der Waals surface area contributed by atoms with Crippen LogP contribution in [0.1, 0.15) is 32.1 Å². The molecule has 1 aromatic heterocycles. The second-order valence-corrected chi connectivity index (χ2v) is 7.92. The number of hydrogen-bond acceptors (Lipinski definition) is 5. The molecule has 1 amide bonds. The summed E-state index contributed by atoms with van der Waals surface area (Å²) in [5, 5.41) is 4.16. The van der Waals surface area contributed by atoms with Crippen molar-refractivity contribution < 1.29 is 9.53 Å². The Labute approximate surface area is 159 Å². The van der Waals surface area contributed by atoms with Gasteiger partial charge in [-0.25, -0.2) is 4.98 Å². The van der Waals surface area contributed by atoms with Crippen LogP contribution in [0.2, 0.25) is 5.02 Å². The number of aromatic nitrogens is 1. The van der Waals surface area contributed by atoms with Gasteiger partial charge in [-0.05, 0) is 44.4 Å². The molecule has 4 heterocycles. The zero-order valence-corrected chi connectivity index (χ0v) is 15.8. The fourth-order valence-electron chi connectivity index (χ4n) is 4.27. The van der Waals surface area contributed by atoms with E-state index in [9.17, 15) is 4.79 Å². The van der Waals surface area contributed by atoms with Gasteiger partial charge in [0.05, 0.1) is 23.7 Å². The molecule has 3 aliphatic heterocycles. The van der Waals surface area contributed by atoms with E-state index in [0.29, 0.717) is 23.6 Å². The van der Waals surface area contributed by atoms with Crippen LogP contribution < -0.4 is 10.2 Å². The first kappa shape index (κ1) is 18.0. The largest absolute Gasteiger partial charge is 0.373 e. The van der Waals surface area contributed by atoms with E-state index >= 15 is 0 Å². The Balaban J connectivity index is 1.23. The van der Waals surface area contributed by atoms with Crippen LogP contribution >= 0.6 is 11.6 Å². The van der Waals surface area contributed by atoms with Gasteiger partial charge in [-0.3, -0.25) is 4.79 Å². The van der Waals surface area contributed by atoms with Crippen molar-refractivity contribution in [3.05, 3.63) is 23.4 Å². The molecule has 3 saturated heterocycles. The van der Waals surface area contributed by atoms with Crippen molar-refractivity contribution in [2.24, 2.45) is 0 Å². The Hall–Kier alpha value is -1.37. The fraction of sp³-hybridized carbons (Fsp3) is 0.684. The van der Waals surface area contributed by atoms with Gasteiger partial charge in [-0.1, -0.05) is 11.6 Å². The molecule has 4 rings (SSSR count). The van der Waals surface area contributed by atoms with E-state index in [4.69, 9.17) is 16.3 Å². The number of pyridine rings is 1. The van der Waals surface area contributed by atoms with E-state index in [2.05, 4.69) is 15.2 Å². The third-order valence-electron chi connectivity index (χ3n) is 5.76. The summed E-state index contributed by atoms with van der Waals surface area (Å²) in [4.78, 5) is 21.2. The molecule has 0 spiro atoms. The zero-order chi connectivity index (χ0) is 17.9. The first-order chi connectivity index (χ1) is 12.7.